The van der Waals surface area contributed by atoms with Crippen LogP contribution in [-0.2, 0) is 13.5 Å². The topological polar surface area (TPSA) is 41.3 Å². The van der Waals surface area contributed by atoms with Gasteiger partial charge in [-0.2, -0.15) is 5.10 Å². The van der Waals surface area contributed by atoms with E-state index < -0.39 is 5.60 Å². The molecule has 1 aromatic rings. The molecular weight excluding hydrogens is 214 g/mol. The molecule has 2 rings (SSSR count). The number of aromatic nitrogens is 2. The van der Waals surface area contributed by atoms with Gasteiger partial charge in [0.05, 0.1) is 5.60 Å². The van der Waals surface area contributed by atoms with Gasteiger partial charge in [-0.05, 0) is 38.8 Å². The van der Waals surface area contributed by atoms with Crippen LogP contribution in [0.2, 0.25) is 0 Å². The molecule has 96 valence electrons. The number of aryl methyl sites for hydroxylation is 1. The van der Waals surface area contributed by atoms with Crippen molar-refractivity contribution >= 4 is 0 Å². The summed E-state index contributed by atoms with van der Waals surface area (Å²) in [5.41, 5.74) is 0.822. The quantitative estimate of drug-likeness (QED) is 0.859. The minimum absolute atomic E-state index is 0.457. The first kappa shape index (κ1) is 12.6. The van der Waals surface area contributed by atoms with E-state index in [1.807, 2.05) is 24.9 Å². The molecule has 1 fully saturated rings. The Morgan fingerprint density at radius 1 is 1.41 bits per heavy atom. The summed E-state index contributed by atoms with van der Waals surface area (Å²) in [7, 11) is 1.99. The summed E-state index contributed by atoms with van der Waals surface area (Å²) in [5, 5.41) is 14.2. The third kappa shape index (κ3) is 3.54. The van der Waals surface area contributed by atoms with E-state index in [0.717, 1.165) is 45.3 Å². The van der Waals surface area contributed by atoms with Gasteiger partial charge in [0.2, 0.25) is 0 Å². The van der Waals surface area contributed by atoms with Crippen LogP contribution in [-0.4, -0.2) is 45.0 Å². The molecule has 0 amide bonds. The zero-order valence-corrected chi connectivity index (χ0v) is 10.9. The fraction of sp³-hybridized carbons (Fsp3) is 0.769. The molecule has 0 saturated carbocycles. The van der Waals surface area contributed by atoms with Crippen molar-refractivity contribution in [1.82, 2.24) is 14.7 Å². The minimum Gasteiger partial charge on any atom is -0.390 e. The van der Waals surface area contributed by atoms with Crippen LogP contribution in [0.3, 0.4) is 0 Å². The second-order valence-corrected chi connectivity index (χ2v) is 5.39. The van der Waals surface area contributed by atoms with E-state index in [9.17, 15) is 5.11 Å². The predicted molar refractivity (Wildman–Crippen MR) is 67.8 cm³/mol. The van der Waals surface area contributed by atoms with Crippen LogP contribution in [0.25, 0.3) is 0 Å². The molecule has 4 heteroatoms. The van der Waals surface area contributed by atoms with Crippen molar-refractivity contribution in [3.8, 4) is 0 Å². The number of hydrogen-bond acceptors (Lipinski definition) is 3. The van der Waals surface area contributed by atoms with Crippen LogP contribution >= 0.6 is 0 Å². The summed E-state index contributed by atoms with van der Waals surface area (Å²) in [6.45, 7) is 5.13. The van der Waals surface area contributed by atoms with E-state index in [-0.39, 0.29) is 0 Å². The third-order valence-corrected chi connectivity index (χ3v) is 3.76. The molecule has 0 aliphatic carbocycles. The van der Waals surface area contributed by atoms with Gasteiger partial charge in [-0.15, -0.1) is 0 Å². The zero-order chi connectivity index (χ0) is 12.3. The van der Waals surface area contributed by atoms with Gasteiger partial charge in [-0.25, -0.2) is 0 Å². The van der Waals surface area contributed by atoms with Crippen LogP contribution in [0, 0.1) is 0 Å². The lowest BCUT2D eigenvalue weighted by molar-refractivity contribution is 0.0447. The van der Waals surface area contributed by atoms with Gasteiger partial charge in [0.25, 0.3) is 0 Å². The highest BCUT2D eigenvalue weighted by molar-refractivity contribution is 5.00. The first-order valence-corrected chi connectivity index (χ1v) is 6.48. The summed E-state index contributed by atoms with van der Waals surface area (Å²) in [4.78, 5) is 2.45. The van der Waals surface area contributed by atoms with E-state index >= 15 is 0 Å². The Bertz CT molecular complexity index is 359. The van der Waals surface area contributed by atoms with Gasteiger partial charge < -0.3 is 10.0 Å². The third-order valence-electron chi connectivity index (χ3n) is 3.76. The number of rotatable bonds is 3. The van der Waals surface area contributed by atoms with Gasteiger partial charge in [0.1, 0.15) is 0 Å². The molecule has 1 atom stereocenters. The van der Waals surface area contributed by atoms with Crippen LogP contribution in [0.4, 0.5) is 0 Å². The maximum Gasteiger partial charge on any atom is 0.0632 e. The molecule has 1 aliphatic heterocycles. The molecule has 0 radical (unpaired) electrons. The highest BCUT2D eigenvalue weighted by atomic mass is 16.3. The van der Waals surface area contributed by atoms with Gasteiger partial charge in [-0.3, -0.25) is 4.68 Å². The predicted octanol–water partition coefficient (Wildman–Crippen LogP) is 1.20. The molecule has 0 spiro atoms. The highest BCUT2D eigenvalue weighted by Gasteiger charge is 2.24. The molecule has 1 unspecified atom stereocenters. The number of aliphatic hydroxyl groups is 1. The molecule has 1 aromatic heterocycles. The number of hydrogen-bond donors (Lipinski definition) is 1. The SMILES string of the molecule is Cn1nccc1CCN1CCCC(C)(O)CC1. The van der Waals surface area contributed by atoms with Crippen molar-refractivity contribution in [2.45, 2.75) is 38.2 Å². The number of nitrogens with zero attached hydrogens (tertiary/aromatic N) is 3. The summed E-state index contributed by atoms with van der Waals surface area (Å²) in [5.74, 6) is 0. The van der Waals surface area contributed by atoms with Crippen molar-refractivity contribution in [3.63, 3.8) is 0 Å². The minimum atomic E-state index is -0.457. The van der Waals surface area contributed by atoms with Crippen LogP contribution in [0.15, 0.2) is 12.3 Å². The molecule has 0 aromatic carbocycles. The summed E-state index contributed by atoms with van der Waals surface area (Å²) in [6, 6.07) is 2.08. The molecule has 1 aliphatic rings. The fourth-order valence-corrected chi connectivity index (χ4v) is 2.46. The van der Waals surface area contributed by atoms with E-state index in [0.29, 0.717) is 0 Å². The second-order valence-electron chi connectivity index (χ2n) is 5.39. The summed E-state index contributed by atoms with van der Waals surface area (Å²) in [6.07, 6.45) is 5.80. The Morgan fingerprint density at radius 3 is 2.94 bits per heavy atom. The maximum absolute atomic E-state index is 10.0. The molecular formula is C13H23N3O. The monoisotopic (exact) mass is 237 g/mol. The van der Waals surface area contributed by atoms with Gasteiger partial charge in [0.15, 0.2) is 0 Å². The lowest BCUT2D eigenvalue weighted by Crippen LogP contribution is -2.30. The average molecular weight is 237 g/mol. The molecule has 4 nitrogen and oxygen atoms in total. The normalized spacial score (nSPS) is 27.0. The second kappa shape index (κ2) is 5.19. The van der Waals surface area contributed by atoms with Gasteiger partial charge >= 0.3 is 0 Å². The first-order chi connectivity index (χ1) is 8.07. The smallest absolute Gasteiger partial charge is 0.0632 e. The van der Waals surface area contributed by atoms with E-state index in [1.54, 1.807) is 0 Å². The van der Waals surface area contributed by atoms with Crippen molar-refractivity contribution in [1.29, 1.82) is 0 Å². The maximum atomic E-state index is 10.0. The highest BCUT2D eigenvalue weighted by Crippen LogP contribution is 2.21. The average Bonchev–Trinajstić information content (AvgIpc) is 2.58. The van der Waals surface area contributed by atoms with E-state index in [4.69, 9.17) is 0 Å². The lowest BCUT2D eigenvalue weighted by atomic mass is 9.98. The number of likely N-dealkylation sites (tertiary alicyclic amines) is 1. The lowest BCUT2D eigenvalue weighted by Gasteiger charge is -2.22. The molecule has 0 bridgehead atoms. The van der Waals surface area contributed by atoms with Crippen molar-refractivity contribution in [3.05, 3.63) is 18.0 Å². The summed E-state index contributed by atoms with van der Waals surface area (Å²) < 4.78 is 1.94. The van der Waals surface area contributed by atoms with Gasteiger partial charge in [-0.1, -0.05) is 0 Å². The van der Waals surface area contributed by atoms with Crippen molar-refractivity contribution in [2.75, 3.05) is 19.6 Å². The Balaban J connectivity index is 1.82. The molecule has 1 saturated heterocycles. The van der Waals surface area contributed by atoms with Gasteiger partial charge in [0, 0.05) is 38.4 Å². The van der Waals surface area contributed by atoms with E-state index in [1.165, 1.54) is 5.69 Å². The van der Waals surface area contributed by atoms with E-state index in [2.05, 4.69) is 16.1 Å². The molecule has 1 N–H and O–H groups in total. The standard InChI is InChI=1S/C13H23N3O/c1-13(17)6-3-9-16(11-7-13)10-5-12-4-8-14-15(12)2/h4,8,17H,3,5-7,9-11H2,1-2H3. The fourth-order valence-electron chi connectivity index (χ4n) is 2.46. The Hall–Kier alpha value is -0.870. The Labute approximate surface area is 103 Å². The molecule has 2 heterocycles. The Kier molecular flexibility index (Phi) is 3.84. The van der Waals surface area contributed by atoms with Crippen LogP contribution < -0.4 is 0 Å². The largest absolute Gasteiger partial charge is 0.390 e. The summed E-state index contributed by atoms with van der Waals surface area (Å²) >= 11 is 0. The van der Waals surface area contributed by atoms with Crippen molar-refractivity contribution in [2.24, 2.45) is 7.05 Å². The van der Waals surface area contributed by atoms with Crippen LogP contribution in [0.1, 0.15) is 31.9 Å². The zero-order valence-electron chi connectivity index (χ0n) is 10.9. The van der Waals surface area contributed by atoms with Crippen molar-refractivity contribution < 1.29 is 5.11 Å². The van der Waals surface area contributed by atoms with Crippen LogP contribution in [0.5, 0.6) is 0 Å². The Morgan fingerprint density at radius 2 is 2.24 bits per heavy atom. The first-order valence-electron chi connectivity index (χ1n) is 6.48. The molecule has 17 heavy (non-hydrogen) atoms.